The number of anilines is 1. The van der Waals surface area contributed by atoms with Crippen molar-refractivity contribution >= 4 is 24.2 Å². The Kier molecular flexibility index (Phi) is 3.99. The molecule has 1 amide bonds. The summed E-state index contributed by atoms with van der Waals surface area (Å²) in [6.45, 7) is 0. The molecule has 2 aromatic rings. The van der Waals surface area contributed by atoms with E-state index in [1.807, 2.05) is 18.2 Å². The molecule has 0 fully saturated rings. The SMILES string of the molecule is CN(C(=O)c1ccccc1)c1ccc(B(O)O)cc1. The highest BCUT2D eigenvalue weighted by molar-refractivity contribution is 6.58. The third kappa shape index (κ3) is 3.02. The average Bonchev–Trinajstić information content (AvgIpc) is 2.46. The fourth-order valence-electron chi connectivity index (χ4n) is 1.76. The minimum Gasteiger partial charge on any atom is -0.423 e. The Morgan fingerprint density at radius 3 is 2.11 bits per heavy atom. The first-order chi connectivity index (χ1) is 9.09. The summed E-state index contributed by atoms with van der Waals surface area (Å²) in [6.07, 6.45) is 0. The Labute approximate surface area is 112 Å². The first-order valence-electron chi connectivity index (χ1n) is 5.89. The maximum absolute atomic E-state index is 12.2. The van der Waals surface area contributed by atoms with Crippen LogP contribution in [0.2, 0.25) is 0 Å². The molecule has 0 aliphatic rings. The summed E-state index contributed by atoms with van der Waals surface area (Å²) in [5, 5.41) is 18.0. The Hall–Kier alpha value is -2.11. The summed E-state index contributed by atoms with van der Waals surface area (Å²) in [5.74, 6) is -0.113. The first-order valence-corrected chi connectivity index (χ1v) is 5.89. The second kappa shape index (κ2) is 5.69. The molecule has 0 spiro atoms. The van der Waals surface area contributed by atoms with Gasteiger partial charge in [-0.1, -0.05) is 30.3 Å². The van der Waals surface area contributed by atoms with E-state index in [0.29, 0.717) is 16.7 Å². The minimum absolute atomic E-state index is 0.113. The minimum atomic E-state index is -1.50. The van der Waals surface area contributed by atoms with E-state index >= 15 is 0 Å². The van der Waals surface area contributed by atoms with Crippen molar-refractivity contribution in [3.8, 4) is 0 Å². The molecular formula is C14H14BNO3. The largest absolute Gasteiger partial charge is 0.488 e. The number of hydrogen-bond donors (Lipinski definition) is 2. The van der Waals surface area contributed by atoms with Gasteiger partial charge in [-0.15, -0.1) is 0 Å². The predicted octanol–water partition coefficient (Wildman–Crippen LogP) is 0.643. The number of carbonyl (C=O) groups excluding carboxylic acids is 1. The lowest BCUT2D eigenvalue weighted by atomic mass is 9.80. The molecule has 96 valence electrons. The Morgan fingerprint density at radius 1 is 1.00 bits per heavy atom. The van der Waals surface area contributed by atoms with E-state index in [0.717, 1.165) is 0 Å². The van der Waals surface area contributed by atoms with Crippen molar-refractivity contribution in [2.24, 2.45) is 0 Å². The molecule has 2 aromatic carbocycles. The average molecular weight is 255 g/mol. The van der Waals surface area contributed by atoms with Crippen molar-refractivity contribution < 1.29 is 14.8 Å². The van der Waals surface area contributed by atoms with Gasteiger partial charge in [-0.2, -0.15) is 0 Å². The molecule has 0 saturated heterocycles. The van der Waals surface area contributed by atoms with Gasteiger partial charge in [0.2, 0.25) is 0 Å². The molecule has 0 aliphatic carbocycles. The highest BCUT2D eigenvalue weighted by Gasteiger charge is 2.15. The molecular weight excluding hydrogens is 241 g/mol. The van der Waals surface area contributed by atoms with Crippen LogP contribution in [0.5, 0.6) is 0 Å². The fourth-order valence-corrected chi connectivity index (χ4v) is 1.76. The number of hydrogen-bond acceptors (Lipinski definition) is 3. The van der Waals surface area contributed by atoms with E-state index in [1.165, 1.54) is 4.90 Å². The summed E-state index contributed by atoms with van der Waals surface area (Å²) < 4.78 is 0. The van der Waals surface area contributed by atoms with Gasteiger partial charge >= 0.3 is 7.12 Å². The third-order valence-electron chi connectivity index (χ3n) is 2.90. The van der Waals surface area contributed by atoms with Gasteiger partial charge in [0.25, 0.3) is 5.91 Å². The van der Waals surface area contributed by atoms with Gasteiger partial charge < -0.3 is 14.9 Å². The standard InChI is InChI=1S/C14H14BNO3/c1-16(14(17)11-5-3-2-4-6-11)13-9-7-12(8-10-13)15(18)19/h2-10,18-19H,1H3. The Bertz CT molecular complexity index is 555. The van der Waals surface area contributed by atoms with E-state index in [-0.39, 0.29) is 5.91 Å². The van der Waals surface area contributed by atoms with Gasteiger partial charge in [0.15, 0.2) is 0 Å². The summed E-state index contributed by atoms with van der Waals surface area (Å²) >= 11 is 0. The van der Waals surface area contributed by atoms with Crippen LogP contribution in [0.3, 0.4) is 0 Å². The zero-order chi connectivity index (χ0) is 13.8. The fraction of sp³-hybridized carbons (Fsp3) is 0.0714. The molecule has 2 rings (SSSR count). The molecule has 0 aliphatic heterocycles. The van der Waals surface area contributed by atoms with Crippen LogP contribution in [0.1, 0.15) is 10.4 Å². The Balaban J connectivity index is 2.20. The Morgan fingerprint density at radius 2 is 1.58 bits per heavy atom. The smallest absolute Gasteiger partial charge is 0.423 e. The van der Waals surface area contributed by atoms with Gasteiger partial charge in [0.05, 0.1) is 0 Å². The van der Waals surface area contributed by atoms with Crippen molar-refractivity contribution in [1.82, 2.24) is 0 Å². The zero-order valence-corrected chi connectivity index (χ0v) is 10.5. The summed E-state index contributed by atoms with van der Waals surface area (Å²) in [4.78, 5) is 13.7. The maximum Gasteiger partial charge on any atom is 0.488 e. The normalized spacial score (nSPS) is 10.1. The second-order valence-electron chi connectivity index (χ2n) is 4.20. The van der Waals surface area contributed by atoms with Crippen molar-refractivity contribution in [2.75, 3.05) is 11.9 Å². The second-order valence-corrected chi connectivity index (χ2v) is 4.20. The molecule has 5 heteroatoms. The zero-order valence-electron chi connectivity index (χ0n) is 10.5. The van der Waals surface area contributed by atoms with Gasteiger partial charge in [0.1, 0.15) is 0 Å². The van der Waals surface area contributed by atoms with Crippen molar-refractivity contribution in [3.63, 3.8) is 0 Å². The van der Waals surface area contributed by atoms with Crippen LogP contribution in [0, 0.1) is 0 Å². The molecule has 0 atom stereocenters. The quantitative estimate of drug-likeness (QED) is 0.791. The highest BCUT2D eigenvalue weighted by Crippen LogP contribution is 2.14. The van der Waals surface area contributed by atoms with Gasteiger partial charge in [0, 0.05) is 18.3 Å². The number of benzene rings is 2. The van der Waals surface area contributed by atoms with Crippen LogP contribution in [0.15, 0.2) is 54.6 Å². The van der Waals surface area contributed by atoms with E-state index < -0.39 is 7.12 Å². The lowest BCUT2D eigenvalue weighted by Gasteiger charge is -2.17. The summed E-state index contributed by atoms with van der Waals surface area (Å²) in [5.41, 5.74) is 1.69. The van der Waals surface area contributed by atoms with Crippen LogP contribution in [-0.4, -0.2) is 30.1 Å². The van der Waals surface area contributed by atoms with Crippen molar-refractivity contribution in [3.05, 3.63) is 60.2 Å². The van der Waals surface area contributed by atoms with Gasteiger partial charge in [-0.05, 0) is 29.7 Å². The van der Waals surface area contributed by atoms with Crippen molar-refractivity contribution in [1.29, 1.82) is 0 Å². The lowest BCUT2D eigenvalue weighted by Crippen LogP contribution is -2.31. The van der Waals surface area contributed by atoms with Crippen LogP contribution in [0.4, 0.5) is 5.69 Å². The van der Waals surface area contributed by atoms with Gasteiger partial charge in [-0.25, -0.2) is 0 Å². The lowest BCUT2D eigenvalue weighted by molar-refractivity contribution is 0.0993. The predicted molar refractivity (Wildman–Crippen MR) is 75.4 cm³/mol. The first kappa shape index (κ1) is 13.3. The molecule has 2 N–H and O–H groups in total. The highest BCUT2D eigenvalue weighted by atomic mass is 16.4. The molecule has 0 unspecified atom stereocenters. The van der Waals surface area contributed by atoms with Crippen LogP contribution >= 0.6 is 0 Å². The monoisotopic (exact) mass is 255 g/mol. The van der Waals surface area contributed by atoms with Gasteiger partial charge in [-0.3, -0.25) is 4.79 Å². The number of amides is 1. The molecule has 0 radical (unpaired) electrons. The topological polar surface area (TPSA) is 60.8 Å². The van der Waals surface area contributed by atoms with E-state index in [2.05, 4.69) is 0 Å². The van der Waals surface area contributed by atoms with Crippen molar-refractivity contribution in [2.45, 2.75) is 0 Å². The van der Waals surface area contributed by atoms with E-state index in [9.17, 15) is 4.79 Å². The number of rotatable bonds is 3. The van der Waals surface area contributed by atoms with E-state index in [4.69, 9.17) is 10.0 Å². The van der Waals surface area contributed by atoms with Crippen LogP contribution in [-0.2, 0) is 0 Å². The number of carbonyl (C=O) groups is 1. The molecule has 0 aromatic heterocycles. The molecule has 0 saturated carbocycles. The summed E-state index contributed by atoms with van der Waals surface area (Å²) in [6, 6.07) is 15.5. The van der Waals surface area contributed by atoms with Crippen LogP contribution in [0.25, 0.3) is 0 Å². The molecule has 0 bridgehead atoms. The maximum atomic E-state index is 12.2. The molecule has 4 nitrogen and oxygen atoms in total. The third-order valence-corrected chi connectivity index (χ3v) is 2.90. The summed E-state index contributed by atoms with van der Waals surface area (Å²) in [7, 11) is 0.184. The van der Waals surface area contributed by atoms with Crippen LogP contribution < -0.4 is 10.4 Å². The molecule has 19 heavy (non-hydrogen) atoms. The van der Waals surface area contributed by atoms with E-state index in [1.54, 1.807) is 43.4 Å². The molecule has 0 heterocycles. The number of nitrogens with zero attached hydrogens (tertiary/aromatic N) is 1.